The monoisotopic (exact) mass is 276 g/mol. The number of nitrogens with zero attached hydrogens (tertiary/aromatic N) is 2. The van der Waals surface area contributed by atoms with E-state index in [1.807, 2.05) is 25.1 Å². The number of nitrogens with one attached hydrogen (secondary N) is 1. The molecule has 100 valence electrons. The number of nitrogens with two attached hydrogens (primary N) is 1. The Kier molecular flexibility index (Phi) is 3.02. The van der Waals surface area contributed by atoms with Gasteiger partial charge in [0.25, 0.3) is 0 Å². The van der Waals surface area contributed by atoms with Gasteiger partial charge in [0.2, 0.25) is 5.91 Å². The standard InChI is InChI=1S/C13H16N4OS/c1-2-10-12(18)15-5-6-17(10)13-16-9-4-3-8(14)7-11(9)19-13/h3-4,7,10H,2,5-6,14H2,1H3,(H,15,18). The van der Waals surface area contributed by atoms with Crippen LogP contribution in [-0.4, -0.2) is 30.0 Å². The number of thiazole rings is 1. The zero-order valence-corrected chi connectivity index (χ0v) is 11.5. The van der Waals surface area contributed by atoms with Crippen molar-refractivity contribution >= 4 is 38.3 Å². The summed E-state index contributed by atoms with van der Waals surface area (Å²) in [6.45, 7) is 3.50. The van der Waals surface area contributed by atoms with Gasteiger partial charge < -0.3 is 16.0 Å². The first-order valence-electron chi connectivity index (χ1n) is 6.39. The number of nitrogen functional groups attached to an aromatic ring is 1. The number of rotatable bonds is 2. The zero-order valence-electron chi connectivity index (χ0n) is 10.7. The average molecular weight is 276 g/mol. The summed E-state index contributed by atoms with van der Waals surface area (Å²) in [6.07, 6.45) is 0.782. The lowest BCUT2D eigenvalue weighted by Crippen LogP contribution is -2.55. The molecule has 0 saturated carbocycles. The van der Waals surface area contributed by atoms with Crippen LogP contribution >= 0.6 is 11.3 Å². The van der Waals surface area contributed by atoms with Crippen molar-refractivity contribution in [1.82, 2.24) is 10.3 Å². The normalized spacial score (nSPS) is 19.7. The maximum absolute atomic E-state index is 11.9. The third-order valence-electron chi connectivity index (χ3n) is 3.36. The molecule has 0 radical (unpaired) electrons. The van der Waals surface area contributed by atoms with Crippen molar-refractivity contribution in [1.29, 1.82) is 0 Å². The van der Waals surface area contributed by atoms with Crippen LogP contribution in [0.2, 0.25) is 0 Å². The van der Waals surface area contributed by atoms with E-state index in [9.17, 15) is 4.79 Å². The molecule has 0 spiro atoms. The molecule has 1 fully saturated rings. The average Bonchev–Trinajstić information content (AvgIpc) is 2.81. The molecule has 3 N–H and O–H groups in total. The first kappa shape index (κ1) is 12.2. The number of fused-ring (bicyclic) bond motifs is 1. The molecule has 6 heteroatoms. The SMILES string of the molecule is CCC1C(=O)NCCN1c1nc2ccc(N)cc2s1. The quantitative estimate of drug-likeness (QED) is 0.817. The smallest absolute Gasteiger partial charge is 0.242 e. The number of hydrogen-bond acceptors (Lipinski definition) is 5. The summed E-state index contributed by atoms with van der Waals surface area (Å²) in [5.41, 5.74) is 7.47. The molecular formula is C13H16N4OS. The van der Waals surface area contributed by atoms with E-state index in [0.29, 0.717) is 6.54 Å². The molecule has 1 atom stereocenters. The summed E-state index contributed by atoms with van der Waals surface area (Å²) in [4.78, 5) is 18.6. The lowest BCUT2D eigenvalue weighted by Gasteiger charge is -2.34. The Hall–Kier alpha value is -1.82. The number of anilines is 2. The number of aromatic nitrogens is 1. The summed E-state index contributed by atoms with van der Waals surface area (Å²) in [5, 5.41) is 3.81. The van der Waals surface area contributed by atoms with E-state index in [2.05, 4.69) is 15.2 Å². The van der Waals surface area contributed by atoms with Crippen molar-refractivity contribution in [2.45, 2.75) is 19.4 Å². The van der Waals surface area contributed by atoms with E-state index in [1.54, 1.807) is 11.3 Å². The molecular weight excluding hydrogens is 260 g/mol. The molecule has 19 heavy (non-hydrogen) atoms. The van der Waals surface area contributed by atoms with Gasteiger partial charge in [-0.15, -0.1) is 0 Å². The van der Waals surface area contributed by atoms with Crippen molar-refractivity contribution in [2.24, 2.45) is 0 Å². The predicted octanol–water partition coefficient (Wildman–Crippen LogP) is 1.59. The van der Waals surface area contributed by atoms with Gasteiger partial charge in [0.1, 0.15) is 6.04 Å². The van der Waals surface area contributed by atoms with Gasteiger partial charge in [-0.3, -0.25) is 4.79 Å². The first-order valence-corrected chi connectivity index (χ1v) is 7.21. The molecule has 3 rings (SSSR count). The highest BCUT2D eigenvalue weighted by atomic mass is 32.1. The third kappa shape index (κ3) is 2.12. The largest absolute Gasteiger partial charge is 0.399 e. The Morgan fingerprint density at radius 2 is 2.42 bits per heavy atom. The fourth-order valence-corrected chi connectivity index (χ4v) is 3.49. The van der Waals surface area contributed by atoms with Gasteiger partial charge in [-0.05, 0) is 24.6 Å². The Bertz CT molecular complexity index is 624. The van der Waals surface area contributed by atoms with Crippen LogP contribution in [0.3, 0.4) is 0 Å². The second kappa shape index (κ2) is 4.70. The molecule has 1 aromatic heterocycles. The molecule has 1 aliphatic rings. The van der Waals surface area contributed by atoms with Crippen LogP contribution in [0, 0.1) is 0 Å². The van der Waals surface area contributed by atoms with Gasteiger partial charge in [0.05, 0.1) is 10.2 Å². The molecule has 1 saturated heterocycles. The lowest BCUT2D eigenvalue weighted by molar-refractivity contribution is -0.123. The third-order valence-corrected chi connectivity index (χ3v) is 4.42. The van der Waals surface area contributed by atoms with E-state index >= 15 is 0 Å². The number of benzene rings is 1. The van der Waals surface area contributed by atoms with E-state index in [-0.39, 0.29) is 11.9 Å². The molecule has 5 nitrogen and oxygen atoms in total. The number of carbonyl (C=O) groups is 1. The highest BCUT2D eigenvalue weighted by Crippen LogP contribution is 2.32. The lowest BCUT2D eigenvalue weighted by atomic mass is 10.1. The number of amides is 1. The van der Waals surface area contributed by atoms with E-state index < -0.39 is 0 Å². The summed E-state index contributed by atoms with van der Waals surface area (Å²) in [7, 11) is 0. The number of carbonyl (C=O) groups excluding carboxylic acids is 1. The van der Waals surface area contributed by atoms with E-state index in [0.717, 1.165) is 34.0 Å². The molecule has 2 aromatic rings. The minimum Gasteiger partial charge on any atom is -0.399 e. The van der Waals surface area contributed by atoms with Crippen LogP contribution in [0.1, 0.15) is 13.3 Å². The zero-order chi connectivity index (χ0) is 13.4. The van der Waals surface area contributed by atoms with Crippen molar-refractivity contribution < 1.29 is 4.79 Å². The maximum Gasteiger partial charge on any atom is 0.242 e. The highest BCUT2D eigenvalue weighted by molar-refractivity contribution is 7.22. The Labute approximate surface area is 115 Å². The molecule has 1 amide bonds. The molecule has 0 aliphatic carbocycles. The molecule has 1 aromatic carbocycles. The predicted molar refractivity (Wildman–Crippen MR) is 78.5 cm³/mol. The fourth-order valence-electron chi connectivity index (χ4n) is 2.40. The van der Waals surface area contributed by atoms with Gasteiger partial charge >= 0.3 is 0 Å². The Morgan fingerprint density at radius 1 is 1.58 bits per heavy atom. The highest BCUT2D eigenvalue weighted by Gasteiger charge is 2.30. The molecule has 1 unspecified atom stereocenters. The van der Waals surface area contributed by atoms with Gasteiger partial charge in [-0.1, -0.05) is 18.3 Å². The minimum absolute atomic E-state index is 0.0903. The number of piperazine rings is 1. The number of hydrogen-bond donors (Lipinski definition) is 2. The summed E-state index contributed by atoms with van der Waals surface area (Å²) in [6, 6.07) is 5.59. The maximum atomic E-state index is 11.9. The Balaban J connectivity index is 2.00. The van der Waals surface area contributed by atoms with Gasteiger partial charge in [0.15, 0.2) is 5.13 Å². The van der Waals surface area contributed by atoms with Gasteiger partial charge in [-0.2, -0.15) is 0 Å². The van der Waals surface area contributed by atoms with E-state index in [1.165, 1.54) is 0 Å². The van der Waals surface area contributed by atoms with Crippen LogP contribution in [-0.2, 0) is 4.79 Å². The van der Waals surface area contributed by atoms with E-state index in [4.69, 9.17) is 5.73 Å². The molecule has 0 bridgehead atoms. The van der Waals surface area contributed by atoms with Crippen LogP contribution in [0.25, 0.3) is 10.2 Å². The Morgan fingerprint density at radius 3 is 3.21 bits per heavy atom. The van der Waals surface area contributed by atoms with Crippen molar-refractivity contribution in [3.63, 3.8) is 0 Å². The van der Waals surface area contributed by atoms with Crippen molar-refractivity contribution in [3.8, 4) is 0 Å². The van der Waals surface area contributed by atoms with Crippen LogP contribution in [0.4, 0.5) is 10.8 Å². The molecule has 1 aliphatic heterocycles. The topological polar surface area (TPSA) is 71.2 Å². The van der Waals surface area contributed by atoms with Crippen LogP contribution < -0.4 is 16.0 Å². The summed E-state index contributed by atoms with van der Waals surface area (Å²) < 4.78 is 1.07. The molecule has 2 heterocycles. The van der Waals surface area contributed by atoms with Crippen LogP contribution in [0.5, 0.6) is 0 Å². The summed E-state index contributed by atoms with van der Waals surface area (Å²) >= 11 is 1.59. The summed E-state index contributed by atoms with van der Waals surface area (Å²) in [5.74, 6) is 0.0903. The van der Waals surface area contributed by atoms with Crippen molar-refractivity contribution in [2.75, 3.05) is 23.7 Å². The second-order valence-corrected chi connectivity index (χ2v) is 5.64. The van der Waals surface area contributed by atoms with Gasteiger partial charge in [0, 0.05) is 18.8 Å². The first-order chi connectivity index (χ1) is 9.19. The fraction of sp³-hybridized carbons (Fsp3) is 0.385. The van der Waals surface area contributed by atoms with Crippen molar-refractivity contribution in [3.05, 3.63) is 18.2 Å². The van der Waals surface area contributed by atoms with Crippen LogP contribution in [0.15, 0.2) is 18.2 Å². The minimum atomic E-state index is -0.119. The van der Waals surface area contributed by atoms with Gasteiger partial charge in [-0.25, -0.2) is 4.98 Å². The second-order valence-electron chi connectivity index (χ2n) is 4.63.